The molecule has 25 heavy (non-hydrogen) atoms. The Kier molecular flexibility index (Phi) is 10.9. The Hall–Kier alpha value is -2.36. The summed E-state index contributed by atoms with van der Waals surface area (Å²) in [5.74, 6) is 1.36. The second-order valence-electron chi connectivity index (χ2n) is 5.00. The number of rotatable bonds is 6. The van der Waals surface area contributed by atoms with Gasteiger partial charge in [-0.15, -0.1) is 13.2 Å². The molecule has 1 radical (unpaired) electrons. The van der Waals surface area contributed by atoms with Gasteiger partial charge in [0.25, 0.3) is 0 Å². The molecular weight excluding hydrogens is 368 g/mol. The minimum Gasteiger partial charge on any atom is -0.504 e. The van der Waals surface area contributed by atoms with Crippen molar-refractivity contribution >= 4 is 0 Å². The van der Waals surface area contributed by atoms with Crippen molar-refractivity contribution in [3.05, 3.63) is 72.8 Å². The summed E-state index contributed by atoms with van der Waals surface area (Å²) in [5.41, 5.74) is 2.17. The molecule has 139 valence electrons. The van der Waals surface area contributed by atoms with Gasteiger partial charge >= 0.3 is 0 Å². The largest absolute Gasteiger partial charge is 0.504 e. The molecule has 0 atom stereocenters. The van der Waals surface area contributed by atoms with Crippen molar-refractivity contribution in [2.75, 3.05) is 14.2 Å². The first kappa shape index (κ1) is 22.6. The fraction of sp³-hybridized carbons (Fsp3) is 0.200. The summed E-state index contributed by atoms with van der Waals surface area (Å²) >= 11 is 0. The monoisotopic (exact) mass is 391 g/mol. The van der Waals surface area contributed by atoms with Gasteiger partial charge in [0.05, 0.1) is 14.2 Å². The Bertz CT molecular complexity index is 624. The Morgan fingerprint density at radius 2 is 1.16 bits per heavy atom. The minimum absolute atomic E-state index is 0. The molecule has 2 N–H and O–H groups in total. The smallest absolute Gasteiger partial charge is 0.160 e. The van der Waals surface area contributed by atoms with Gasteiger partial charge in [-0.25, -0.2) is 0 Å². The van der Waals surface area contributed by atoms with E-state index >= 15 is 0 Å². The Balaban J connectivity index is 0.000000443. The van der Waals surface area contributed by atoms with Crippen LogP contribution in [0.1, 0.15) is 11.1 Å². The van der Waals surface area contributed by atoms with Crippen molar-refractivity contribution in [3.8, 4) is 23.0 Å². The van der Waals surface area contributed by atoms with Gasteiger partial charge in [-0.2, -0.15) is 0 Å². The van der Waals surface area contributed by atoms with Crippen LogP contribution in [-0.4, -0.2) is 24.4 Å². The molecule has 0 fully saturated rings. The molecule has 2 rings (SSSR count). The van der Waals surface area contributed by atoms with Crippen LogP contribution in [0.3, 0.4) is 0 Å². The van der Waals surface area contributed by atoms with Crippen molar-refractivity contribution in [3.63, 3.8) is 0 Å². The van der Waals surface area contributed by atoms with Gasteiger partial charge in [-0.3, -0.25) is 0 Å². The molecule has 0 aliphatic rings. The van der Waals surface area contributed by atoms with Crippen LogP contribution in [-0.2, 0) is 29.9 Å². The van der Waals surface area contributed by atoms with E-state index in [2.05, 4.69) is 13.2 Å². The number of hydrogen-bond acceptors (Lipinski definition) is 4. The molecule has 5 heteroatoms. The normalized spacial score (nSPS) is 9.04. The fourth-order valence-corrected chi connectivity index (χ4v) is 2.03. The van der Waals surface area contributed by atoms with E-state index < -0.39 is 0 Å². The van der Waals surface area contributed by atoms with Crippen LogP contribution in [0.4, 0.5) is 0 Å². The molecule has 0 unspecified atom stereocenters. The summed E-state index contributed by atoms with van der Waals surface area (Å²) in [6.07, 6.45) is 5.20. The zero-order valence-electron chi connectivity index (χ0n) is 14.5. The van der Waals surface area contributed by atoms with Crippen LogP contribution in [0.5, 0.6) is 23.0 Å². The Morgan fingerprint density at radius 1 is 0.800 bits per heavy atom. The van der Waals surface area contributed by atoms with E-state index in [9.17, 15) is 10.2 Å². The average molecular weight is 392 g/mol. The topological polar surface area (TPSA) is 58.9 Å². The summed E-state index contributed by atoms with van der Waals surface area (Å²) < 4.78 is 9.90. The van der Waals surface area contributed by atoms with E-state index in [0.717, 1.165) is 24.0 Å². The summed E-state index contributed by atoms with van der Waals surface area (Å²) in [7, 11) is 3.07. The van der Waals surface area contributed by atoms with Gasteiger partial charge in [0.2, 0.25) is 0 Å². The first-order chi connectivity index (χ1) is 11.5. The zero-order chi connectivity index (χ0) is 17.9. The second kappa shape index (κ2) is 12.1. The molecule has 0 aliphatic heterocycles. The van der Waals surface area contributed by atoms with Crippen molar-refractivity contribution in [1.29, 1.82) is 0 Å². The number of hydrogen-bond donors (Lipinski definition) is 2. The van der Waals surface area contributed by atoms with Gasteiger partial charge in [0.15, 0.2) is 23.0 Å². The molecular formula is C20H24CuO4. The van der Waals surface area contributed by atoms with Gasteiger partial charge in [-0.05, 0) is 48.2 Å². The van der Waals surface area contributed by atoms with Gasteiger partial charge < -0.3 is 19.7 Å². The molecule has 0 heterocycles. The maximum atomic E-state index is 9.25. The maximum Gasteiger partial charge on any atom is 0.160 e. The average Bonchev–Trinajstić information content (AvgIpc) is 2.59. The van der Waals surface area contributed by atoms with Crippen molar-refractivity contribution in [1.82, 2.24) is 0 Å². The van der Waals surface area contributed by atoms with E-state index in [0.29, 0.717) is 11.5 Å². The van der Waals surface area contributed by atoms with Crippen LogP contribution in [0.25, 0.3) is 0 Å². The predicted molar refractivity (Wildman–Crippen MR) is 97.1 cm³/mol. The van der Waals surface area contributed by atoms with Gasteiger partial charge in [0, 0.05) is 17.1 Å². The number of benzene rings is 2. The number of methoxy groups -OCH3 is 2. The van der Waals surface area contributed by atoms with Crippen LogP contribution in [0.15, 0.2) is 61.7 Å². The standard InChI is InChI=1S/2C10H12O2.Cu/c2*1-3-4-8-5-6-9(11)10(7-8)12-2;/h2*3,5-7,11H,1,4H2,2H3;. The molecule has 2 aromatic carbocycles. The second-order valence-corrected chi connectivity index (χ2v) is 5.00. The quantitative estimate of drug-likeness (QED) is 0.570. The zero-order valence-corrected chi connectivity index (χ0v) is 15.4. The summed E-state index contributed by atoms with van der Waals surface area (Å²) in [6, 6.07) is 10.5. The Morgan fingerprint density at radius 3 is 1.44 bits per heavy atom. The molecule has 0 aliphatic carbocycles. The molecule has 0 saturated heterocycles. The van der Waals surface area contributed by atoms with E-state index in [1.807, 2.05) is 24.3 Å². The SMILES string of the molecule is C=CCc1ccc(O)c(OC)c1.C=CCc1ccc(O)c(OC)c1.[Cu]. The molecule has 0 aromatic heterocycles. The van der Waals surface area contributed by atoms with E-state index in [1.165, 1.54) is 14.2 Å². The number of phenolic OH excluding ortho intramolecular Hbond substituents is 2. The molecule has 4 nitrogen and oxygen atoms in total. The van der Waals surface area contributed by atoms with Crippen LogP contribution >= 0.6 is 0 Å². The van der Waals surface area contributed by atoms with E-state index in [4.69, 9.17) is 9.47 Å². The molecule has 2 aromatic rings. The number of allylic oxidation sites excluding steroid dienone is 2. The number of phenols is 2. The van der Waals surface area contributed by atoms with Crippen LogP contribution in [0, 0.1) is 0 Å². The van der Waals surface area contributed by atoms with Crippen molar-refractivity contribution in [2.24, 2.45) is 0 Å². The van der Waals surface area contributed by atoms with E-state index in [-0.39, 0.29) is 28.6 Å². The number of aromatic hydroxyl groups is 2. The maximum absolute atomic E-state index is 9.25. The van der Waals surface area contributed by atoms with Crippen molar-refractivity contribution < 1.29 is 36.8 Å². The third-order valence-electron chi connectivity index (χ3n) is 3.25. The first-order valence-electron chi connectivity index (χ1n) is 7.49. The summed E-state index contributed by atoms with van der Waals surface area (Å²) in [4.78, 5) is 0. The number of ether oxygens (including phenoxy) is 2. The molecule has 0 saturated carbocycles. The molecule has 0 spiro atoms. The third-order valence-corrected chi connectivity index (χ3v) is 3.25. The first-order valence-corrected chi connectivity index (χ1v) is 7.49. The van der Waals surface area contributed by atoms with Gasteiger partial charge in [-0.1, -0.05) is 24.3 Å². The summed E-state index contributed by atoms with van der Waals surface area (Å²) in [6.45, 7) is 7.26. The third kappa shape index (κ3) is 7.38. The molecule has 0 amide bonds. The molecule has 0 bridgehead atoms. The fourth-order valence-electron chi connectivity index (χ4n) is 2.03. The van der Waals surface area contributed by atoms with Crippen LogP contribution < -0.4 is 9.47 Å². The van der Waals surface area contributed by atoms with Gasteiger partial charge in [0.1, 0.15) is 0 Å². The summed E-state index contributed by atoms with van der Waals surface area (Å²) in [5, 5.41) is 18.5. The Labute approximate surface area is 159 Å². The van der Waals surface area contributed by atoms with Crippen molar-refractivity contribution in [2.45, 2.75) is 12.8 Å². The predicted octanol–water partition coefficient (Wildman–Crippen LogP) is 4.26. The minimum atomic E-state index is 0. The van der Waals surface area contributed by atoms with E-state index in [1.54, 1.807) is 24.3 Å². The van der Waals surface area contributed by atoms with Crippen LogP contribution in [0.2, 0.25) is 0 Å².